The second-order valence-corrected chi connectivity index (χ2v) is 3.64. The quantitative estimate of drug-likeness (QED) is 0.415. The largest absolute Gasteiger partial charge is 0.269 e. The smallest absolute Gasteiger partial charge is 0.258 e. The molecule has 0 amide bonds. The van der Waals surface area contributed by atoms with Crippen molar-refractivity contribution in [1.29, 1.82) is 0 Å². The van der Waals surface area contributed by atoms with Crippen molar-refractivity contribution in [1.82, 2.24) is 0 Å². The molecule has 0 spiro atoms. The van der Waals surface area contributed by atoms with Gasteiger partial charge in [-0.15, -0.1) is 23.2 Å². The van der Waals surface area contributed by atoms with Gasteiger partial charge in [0.05, 0.1) is 4.92 Å². The number of nitro groups is 1. The molecule has 0 aromatic heterocycles. The normalized spacial score (nSPS) is 8.92. The van der Waals surface area contributed by atoms with Crippen LogP contribution in [-0.4, -0.2) is 9.76 Å². The van der Waals surface area contributed by atoms with E-state index in [-0.39, 0.29) is 10.5 Å². The van der Waals surface area contributed by atoms with E-state index in [0.29, 0.717) is 0 Å². The number of hydrogen-bond acceptors (Lipinski definition) is 2. The summed E-state index contributed by atoms with van der Waals surface area (Å²) < 4.78 is 0. The van der Waals surface area contributed by atoms with Crippen LogP contribution in [0, 0.1) is 10.1 Å². The molecule has 0 bridgehead atoms. The van der Waals surface area contributed by atoms with E-state index in [0.717, 1.165) is 0 Å². The summed E-state index contributed by atoms with van der Waals surface area (Å²) in [4.78, 5) is 9.37. The summed E-state index contributed by atoms with van der Waals surface area (Å²) in [5.41, 5.74) is 0.137. The monoisotopic (exact) mass is 221 g/mol. The first kappa shape index (κ1) is 12.2. The van der Waals surface area contributed by atoms with Gasteiger partial charge < -0.3 is 0 Å². The van der Waals surface area contributed by atoms with E-state index in [9.17, 15) is 10.1 Å². The molecule has 0 saturated carbocycles. The van der Waals surface area contributed by atoms with Gasteiger partial charge in [-0.3, -0.25) is 10.1 Å². The molecule has 13 heavy (non-hydrogen) atoms. The fourth-order valence-electron chi connectivity index (χ4n) is 0.550. The number of benzene rings is 1. The molecule has 1 aromatic carbocycles. The molecule has 1 rings (SSSR count). The Labute approximate surface area is 86.4 Å². The van der Waals surface area contributed by atoms with Crippen LogP contribution >= 0.6 is 23.2 Å². The van der Waals surface area contributed by atoms with Gasteiger partial charge in [0.2, 0.25) is 0 Å². The van der Waals surface area contributed by atoms with Crippen molar-refractivity contribution in [3.8, 4) is 0 Å². The minimum atomic E-state index is -0.417. The third-order valence-electron chi connectivity index (χ3n) is 0.967. The van der Waals surface area contributed by atoms with Crippen molar-refractivity contribution in [3.63, 3.8) is 0 Å². The molecule has 0 N–H and O–H groups in total. The number of alkyl halides is 2. The van der Waals surface area contributed by atoms with E-state index in [1.165, 1.54) is 12.1 Å². The topological polar surface area (TPSA) is 43.1 Å². The zero-order valence-electron chi connectivity index (χ0n) is 6.98. The van der Waals surface area contributed by atoms with Crippen LogP contribution in [0.15, 0.2) is 30.3 Å². The lowest BCUT2D eigenvalue weighted by Gasteiger charge is -1.85. The average molecular weight is 222 g/mol. The highest BCUT2D eigenvalue weighted by Gasteiger charge is 1.98. The van der Waals surface area contributed by atoms with E-state index < -0.39 is 4.92 Å². The lowest BCUT2D eigenvalue weighted by atomic mass is 10.3. The number of non-ortho nitro benzene ring substituents is 1. The van der Waals surface area contributed by atoms with Crippen LogP contribution in [0.5, 0.6) is 0 Å². The molecule has 0 saturated heterocycles. The Hall–Kier alpha value is -0.800. The van der Waals surface area contributed by atoms with Crippen LogP contribution in [0.2, 0.25) is 0 Å². The fourth-order valence-corrected chi connectivity index (χ4v) is 0.550. The molecule has 1 aromatic rings. The van der Waals surface area contributed by atoms with E-state index in [1.54, 1.807) is 25.1 Å². The highest BCUT2D eigenvalue weighted by atomic mass is 35.5. The van der Waals surface area contributed by atoms with Gasteiger partial charge in [-0.1, -0.05) is 18.2 Å². The third kappa shape index (κ3) is 7.56. The summed E-state index contributed by atoms with van der Waals surface area (Å²) in [6.45, 7) is 1.70. The van der Waals surface area contributed by atoms with Crippen LogP contribution in [0.1, 0.15) is 6.92 Å². The van der Waals surface area contributed by atoms with Crippen LogP contribution in [0.4, 0.5) is 5.69 Å². The maximum absolute atomic E-state index is 10.0. The summed E-state index contributed by atoms with van der Waals surface area (Å²) in [6, 6.07) is 7.93. The summed E-state index contributed by atoms with van der Waals surface area (Å²) in [7, 11) is 0. The first-order chi connectivity index (χ1) is 6.04. The van der Waals surface area contributed by atoms with Crippen molar-refractivity contribution in [2.75, 3.05) is 0 Å². The Morgan fingerprint density at radius 3 is 1.92 bits per heavy atom. The molecule has 0 aliphatic carbocycles. The molecule has 0 radical (unpaired) electrons. The molecule has 72 valence electrons. The summed E-state index contributed by atoms with van der Waals surface area (Å²) >= 11 is 10.1. The van der Waals surface area contributed by atoms with Crippen molar-refractivity contribution in [3.05, 3.63) is 40.4 Å². The van der Waals surface area contributed by atoms with Crippen LogP contribution in [0.25, 0.3) is 0 Å². The Morgan fingerprint density at radius 2 is 1.69 bits per heavy atom. The Kier molecular flexibility index (Phi) is 6.28. The number of nitrogens with zero attached hydrogens (tertiary/aromatic N) is 1. The molecule has 0 fully saturated rings. The van der Waals surface area contributed by atoms with E-state index in [2.05, 4.69) is 0 Å². The predicted molar refractivity (Wildman–Crippen MR) is 54.3 cm³/mol. The van der Waals surface area contributed by atoms with Gasteiger partial charge in [0.25, 0.3) is 5.69 Å². The lowest BCUT2D eigenvalue weighted by molar-refractivity contribution is -0.384. The summed E-state index contributed by atoms with van der Waals surface area (Å²) in [5.74, 6) is 0. The van der Waals surface area contributed by atoms with Crippen molar-refractivity contribution >= 4 is 28.9 Å². The van der Waals surface area contributed by atoms with Gasteiger partial charge in [0.1, 0.15) is 4.84 Å². The second-order valence-electron chi connectivity index (χ2n) is 2.11. The molecule has 0 heterocycles. The van der Waals surface area contributed by atoms with Crippen molar-refractivity contribution in [2.24, 2.45) is 0 Å². The minimum Gasteiger partial charge on any atom is -0.258 e. The Balaban J connectivity index is 0.000000310. The van der Waals surface area contributed by atoms with Crippen LogP contribution < -0.4 is 0 Å². The zero-order chi connectivity index (χ0) is 10.3. The number of nitro benzene ring substituents is 1. The first-order valence-electron chi connectivity index (χ1n) is 3.51. The SMILES string of the molecule is CC(Cl)Cl.O=[N+]([O-])c1ccccc1. The van der Waals surface area contributed by atoms with Gasteiger partial charge in [0.15, 0.2) is 0 Å². The molecule has 0 atom stereocenters. The van der Waals surface area contributed by atoms with Crippen molar-refractivity contribution < 1.29 is 4.92 Å². The number of rotatable bonds is 1. The number of halogens is 2. The minimum absolute atomic E-state index is 0.137. The van der Waals surface area contributed by atoms with Gasteiger partial charge >= 0.3 is 0 Å². The maximum Gasteiger partial charge on any atom is 0.269 e. The highest BCUT2D eigenvalue weighted by molar-refractivity contribution is 6.43. The molecular weight excluding hydrogens is 213 g/mol. The van der Waals surface area contributed by atoms with Crippen molar-refractivity contribution in [2.45, 2.75) is 11.8 Å². The molecule has 3 nitrogen and oxygen atoms in total. The van der Waals surface area contributed by atoms with Gasteiger partial charge in [-0.05, 0) is 6.92 Å². The summed E-state index contributed by atoms with van der Waals surface area (Å²) in [5, 5.41) is 10.0. The van der Waals surface area contributed by atoms with E-state index in [1.807, 2.05) is 0 Å². The molecule has 0 aliphatic heterocycles. The second kappa shape index (κ2) is 6.69. The van der Waals surface area contributed by atoms with E-state index >= 15 is 0 Å². The van der Waals surface area contributed by atoms with E-state index in [4.69, 9.17) is 23.2 Å². The maximum atomic E-state index is 10.0. The van der Waals surface area contributed by atoms with Crippen LogP contribution in [0.3, 0.4) is 0 Å². The summed E-state index contributed by atoms with van der Waals surface area (Å²) in [6.07, 6.45) is 0. The van der Waals surface area contributed by atoms with Gasteiger partial charge in [-0.2, -0.15) is 0 Å². The fraction of sp³-hybridized carbons (Fsp3) is 0.250. The lowest BCUT2D eigenvalue weighted by Crippen LogP contribution is -1.84. The molecule has 0 aliphatic rings. The Bertz CT molecular complexity index is 249. The molecule has 0 unspecified atom stereocenters. The van der Waals surface area contributed by atoms with Gasteiger partial charge in [-0.25, -0.2) is 0 Å². The highest BCUT2D eigenvalue weighted by Crippen LogP contribution is 2.06. The van der Waals surface area contributed by atoms with Gasteiger partial charge in [0, 0.05) is 12.1 Å². The first-order valence-corrected chi connectivity index (χ1v) is 4.39. The average Bonchev–Trinajstić information content (AvgIpc) is 2.05. The molecular formula is C8H9Cl2NO2. The third-order valence-corrected chi connectivity index (χ3v) is 0.967. The number of hydrogen-bond donors (Lipinski definition) is 0. The Morgan fingerprint density at radius 1 is 1.31 bits per heavy atom. The predicted octanol–water partition coefficient (Wildman–Crippen LogP) is 3.40. The zero-order valence-corrected chi connectivity index (χ0v) is 8.50. The number of para-hydroxylation sites is 1. The molecule has 5 heteroatoms. The van der Waals surface area contributed by atoms with Crippen LogP contribution in [-0.2, 0) is 0 Å². The standard InChI is InChI=1S/C6H5NO2.C2H4Cl2/c8-7(9)6-4-2-1-3-5-6;1-2(3)4/h1-5H;2H,1H3.